The molecule has 0 aliphatic heterocycles. The standard InChI is InChI=1S/C18H19NO2/c1-12-16(18(20)21)3-2-4-17(12)19-11-13-5-7-14(8-6-13)15-9-10-15/h2-8,15,19H,9-11H2,1H3,(H,20,21). The van der Waals surface area contributed by atoms with E-state index in [0.717, 1.165) is 17.2 Å². The average Bonchev–Trinajstić information content (AvgIpc) is 3.31. The second-order valence-electron chi connectivity index (χ2n) is 5.65. The number of hydrogen-bond acceptors (Lipinski definition) is 2. The number of anilines is 1. The van der Waals surface area contributed by atoms with Crippen molar-refractivity contribution in [2.75, 3.05) is 5.32 Å². The van der Waals surface area contributed by atoms with E-state index in [1.807, 2.05) is 13.0 Å². The van der Waals surface area contributed by atoms with Gasteiger partial charge < -0.3 is 10.4 Å². The van der Waals surface area contributed by atoms with E-state index in [1.54, 1.807) is 12.1 Å². The van der Waals surface area contributed by atoms with Crippen LogP contribution in [0.2, 0.25) is 0 Å². The summed E-state index contributed by atoms with van der Waals surface area (Å²) in [6.45, 7) is 2.54. The van der Waals surface area contributed by atoms with Crippen LogP contribution in [0, 0.1) is 6.92 Å². The number of carbonyl (C=O) groups is 1. The number of carboxylic acid groups (broad SMARTS) is 1. The lowest BCUT2D eigenvalue weighted by Crippen LogP contribution is -2.05. The van der Waals surface area contributed by atoms with Crippen LogP contribution in [0.25, 0.3) is 0 Å². The number of rotatable bonds is 5. The predicted octanol–water partition coefficient (Wildman–Crippen LogP) is 4.18. The largest absolute Gasteiger partial charge is 0.478 e. The van der Waals surface area contributed by atoms with Crippen molar-refractivity contribution in [2.45, 2.75) is 32.2 Å². The van der Waals surface area contributed by atoms with Gasteiger partial charge >= 0.3 is 5.97 Å². The van der Waals surface area contributed by atoms with E-state index >= 15 is 0 Å². The van der Waals surface area contributed by atoms with Crippen molar-refractivity contribution in [1.29, 1.82) is 0 Å². The Morgan fingerprint density at radius 3 is 2.52 bits per heavy atom. The number of aromatic carboxylic acids is 1. The molecule has 1 aliphatic carbocycles. The molecule has 0 atom stereocenters. The number of benzene rings is 2. The third kappa shape index (κ3) is 3.07. The first-order chi connectivity index (χ1) is 10.1. The lowest BCUT2D eigenvalue weighted by atomic mass is 10.1. The van der Waals surface area contributed by atoms with E-state index in [0.29, 0.717) is 12.1 Å². The average molecular weight is 281 g/mol. The minimum Gasteiger partial charge on any atom is -0.478 e. The fourth-order valence-corrected chi connectivity index (χ4v) is 2.58. The van der Waals surface area contributed by atoms with E-state index in [4.69, 9.17) is 5.11 Å². The van der Waals surface area contributed by atoms with Crippen molar-refractivity contribution in [2.24, 2.45) is 0 Å². The number of carboxylic acids is 1. The van der Waals surface area contributed by atoms with Gasteiger partial charge in [-0.2, -0.15) is 0 Å². The molecule has 0 amide bonds. The van der Waals surface area contributed by atoms with Crippen LogP contribution in [0.15, 0.2) is 42.5 Å². The minimum atomic E-state index is -0.884. The van der Waals surface area contributed by atoms with Gasteiger partial charge in [0.1, 0.15) is 0 Å². The number of nitrogens with one attached hydrogen (secondary N) is 1. The Morgan fingerprint density at radius 2 is 1.90 bits per heavy atom. The van der Waals surface area contributed by atoms with E-state index < -0.39 is 5.97 Å². The predicted molar refractivity (Wildman–Crippen MR) is 83.9 cm³/mol. The molecule has 0 bridgehead atoms. The first kappa shape index (κ1) is 13.7. The molecule has 3 rings (SSSR count). The highest BCUT2D eigenvalue weighted by atomic mass is 16.4. The van der Waals surface area contributed by atoms with Crippen LogP contribution in [0.4, 0.5) is 5.69 Å². The summed E-state index contributed by atoms with van der Waals surface area (Å²) in [5.74, 6) is -0.105. The summed E-state index contributed by atoms with van der Waals surface area (Å²) in [6.07, 6.45) is 2.64. The summed E-state index contributed by atoms with van der Waals surface area (Å²) in [4.78, 5) is 11.1. The van der Waals surface area contributed by atoms with Crippen LogP contribution in [-0.2, 0) is 6.54 Å². The van der Waals surface area contributed by atoms with Crippen LogP contribution >= 0.6 is 0 Å². The van der Waals surface area contributed by atoms with E-state index in [9.17, 15) is 4.79 Å². The fourth-order valence-electron chi connectivity index (χ4n) is 2.58. The summed E-state index contributed by atoms with van der Waals surface area (Å²) in [6, 6.07) is 14.0. The fraction of sp³-hybridized carbons (Fsp3) is 0.278. The van der Waals surface area contributed by atoms with Gasteiger partial charge in [0.2, 0.25) is 0 Å². The van der Waals surface area contributed by atoms with Gasteiger partial charge in [-0.05, 0) is 54.5 Å². The van der Waals surface area contributed by atoms with Crippen molar-refractivity contribution in [1.82, 2.24) is 0 Å². The van der Waals surface area contributed by atoms with Crippen molar-refractivity contribution < 1.29 is 9.90 Å². The Hall–Kier alpha value is -2.29. The molecule has 0 aromatic heterocycles. The molecule has 1 saturated carbocycles. The highest BCUT2D eigenvalue weighted by Gasteiger charge is 2.22. The van der Waals surface area contributed by atoms with Crippen molar-refractivity contribution in [3.63, 3.8) is 0 Å². The van der Waals surface area contributed by atoms with Gasteiger partial charge in [0.15, 0.2) is 0 Å². The van der Waals surface area contributed by atoms with Crippen molar-refractivity contribution >= 4 is 11.7 Å². The maximum atomic E-state index is 11.1. The monoisotopic (exact) mass is 281 g/mol. The Kier molecular flexibility index (Phi) is 3.65. The van der Waals surface area contributed by atoms with Gasteiger partial charge in [-0.1, -0.05) is 30.3 Å². The van der Waals surface area contributed by atoms with Gasteiger partial charge in [0.05, 0.1) is 5.56 Å². The lowest BCUT2D eigenvalue weighted by molar-refractivity contribution is 0.0696. The van der Waals surface area contributed by atoms with Gasteiger partial charge in [-0.15, -0.1) is 0 Å². The zero-order chi connectivity index (χ0) is 14.8. The zero-order valence-corrected chi connectivity index (χ0v) is 12.1. The normalized spacial score (nSPS) is 14.0. The molecule has 1 aliphatic rings. The molecule has 2 aromatic carbocycles. The molecule has 2 aromatic rings. The zero-order valence-electron chi connectivity index (χ0n) is 12.1. The quantitative estimate of drug-likeness (QED) is 0.864. The summed E-state index contributed by atoms with van der Waals surface area (Å²) in [5, 5.41) is 12.5. The second kappa shape index (κ2) is 5.60. The summed E-state index contributed by atoms with van der Waals surface area (Å²) in [5.41, 5.74) is 4.65. The molecule has 21 heavy (non-hydrogen) atoms. The van der Waals surface area contributed by atoms with Crippen LogP contribution in [0.1, 0.15) is 45.8 Å². The lowest BCUT2D eigenvalue weighted by Gasteiger charge is -2.12. The molecule has 1 fully saturated rings. The Labute approximate surface area is 124 Å². The third-order valence-electron chi connectivity index (χ3n) is 4.08. The van der Waals surface area contributed by atoms with Gasteiger partial charge in [-0.3, -0.25) is 0 Å². The molecular weight excluding hydrogens is 262 g/mol. The molecule has 2 N–H and O–H groups in total. The maximum Gasteiger partial charge on any atom is 0.336 e. The minimum absolute atomic E-state index is 0.351. The Bertz CT molecular complexity index is 657. The summed E-state index contributed by atoms with van der Waals surface area (Å²) >= 11 is 0. The molecule has 0 radical (unpaired) electrons. The first-order valence-corrected chi connectivity index (χ1v) is 7.31. The van der Waals surface area contributed by atoms with Gasteiger partial charge in [0, 0.05) is 12.2 Å². The topological polar surface area (TPSA) is 49.3 Å². The number of hydrogen-bond donors (Lipinski definition) is 2. The molecule has 3 nitrogen and oxygen atoms in total. The highest BCUT2D eigenvalue weighted by molar-refractivity contribution is 5.91. The summed E-state index contributed by atoms with van der Waals surface area (Å²) < 4.78 is 0. The smallest absolute Gasteiger partial charge is 0.336 e. The molecule has 0 saturated heterocycles. The van der Waals surface area contributed by atoms with E-state index in [-0.39, 0.29) is 0 Å². The summed E-state index contributed by atoms with van der Waals surface area (Å²) in [7, 11) is 0. The van der Waals surface area contributed by atoms with Crippen molar-refractivity contribution in [3.05, 3.63) is 64.7 Å². The molecule has 0 spiro atoms. The highest BCUT2D eigenvalue weighted by Crippen LogP contribution is 2.39. The molecular formula is C18H19NO2. The van der Waals surface area contributed by atoms with Gasteiger partial charge in [-0.25, -0.2) is 4.79 Å². The Balaban J connectivity index is 1.69. The van der Waals surface area contributed by atoms with Crippen LogP contribution in [-0.4, -0.2) is 11.1 Å². The molecule has 0 unspecified atom stereocenters. The van der Waals surface area contributed by atoms with Crippen LogP contribution < -0.4 is 5.32 Å². The maximum absolute atomic E-state index is 11.1. The van der Waals surface area contributed by atoms with Crippen LogP contribution in [0.3, 0.4) is 0 Å². The molecule has 3 heteroatoms. The molecule has 0 heterocycles. The third-order valence-corrected chi connectivity index (χ3v) is 4.08. The molecule has 108 valence electrons. The second-order valence-corrected chi connectivity index (χ2v) is 5.65. The first-order valence-electron chi connectivity index (χ1n) is 7.31. The van der Waals surface area contributed by atoms with Crippen molar-refractivity contribution in [3.8, 4) is 0 Å². The van der Waals surface area contributed by atoms with E-state index in [2.05, 4.69) is 29.6 Å². The SMILES string of the molecule is Cc1c(NCc2ccc(C3CC3)cc2)cccc1C(=O)O. The van der Waals surface area contributed by atoms with Crippen LogP contribution in [0.5, 0.6) is 0 Å². The van der Waals surface area contributed by atoms with E-state index in [1.165, 1.54) is 24.0 Å². The van der Waals surface area contributed by atoms with Gasteiger partial charge in [0.25, 0.3) is 0 Å². The Morgan fingerprint density at radius 1 is 1.19 bits per heavy atom.